The van der Waals surface area contributed by atoms with Crippen LogP contribution in [0.1, 0.15) is 40.5 Å². The van der Waals surface area contributed by atoms with Crippen LogP contribution in [-0.2, 0) is 20.9 Å². The van der Waals surface area contributed by atoms with Crippen LogP contribution in [-0.4, -0.2) is 34.9 Å². The van der Waals surface area contributed by atoms with Crippen LogP contribution in [0.3, 0.4) is 0 Å². The first-order valence-electron chi connectivity index (χ1n) is 12.5. The monoisotopic (exact) mass is 578 g/mol. The van der Waals surface area contributed by atoms with Gasteiger partial charge in [0.05, 0.1) is 13.7 Å². The van der Waals surface area contributed by atoms with Crippen molar-refractivity contribution in [2.45, 2.75) is 39.3 Å². The molecule has 4 rings (SSSR count). The zero-order chi connectivity index (χ0) is 28.6. The number of carbonyl (C=O) groups excluding carboxylic acids is 3. The van der Waals surface area contributed by atoms with Crippen LogP contribution in [0.2, 0.25) is 0 Å². The number of aromatic hydroxyl groups is 1. The third kappa shape index (κ3) is 7.04. The van der Waals surface area contributed by atoms with E-state index >= 15 is 0 Å². The van der Waals surface area contributed by atoms with E-state index in [0.717, 1.165) is 16.0 Å². The van der Waals surface area contributed by atoms with Crippen molar-refractivity contribution in [3.8, 4) is 11.5 Å². The van der Waals surface area contributed by atoms with Gasteiger partial charge in [0.1, 0.15) is 6.04 Å². The second-order valence-corrected chi connectivity index (χ2v) is 11.0. The van der Waals surface area contributed by atoms with Gasteiger partial charge in [0, 0.05) is 35.0 Å². The van der Waals surface area contributed by atoms with E-state index in [1.54, 1.807) is 29.8 Å². The van der Waals surface area contributed by atoms with Crippen LogP contribution in [0, 0.1) is 13.8 Å². The lowest BCUT2D eigenvalue weighted by molar-refractivity contribution is -0.127. The van der Waals surface area contributed by atoms with Crippen molar-refractivity contribution in [3.63, 3.8) is 0 Å². The molecule has 0 radical (unpaired) electrons. The number of nitrogens with one attached hydrogen (secondary N) is 2. The van der Waals surface area contributed by atoms with Crippen LogP contribution in [0.5, 0.6) is 11.5 Å². The molecule has 11 heteroatoms. The van der Waals surface area contributed by atoms with Crippen LogP contribution < -0.4 is 20.3 Å². The van der Waals surface area contributed by atoms with Crippen molar-refractivity contribution in [1.82, 2.24) is 10.3 Å². The molecule has 0 saturated carbocycles. The molecular formula is C29H30N4O5S2. The molecule has 208 valence electrons. The fraction of sp³-hybridized carbons (Fsp3) is 0.241. The van der Waals surface area contributed by atoms with Crippen LogP contribution in [0.4, 0.5) is 10.8 Å². The molecular weight excluding hydrogens is 548 g/mol. The summed E-state index contributed by atoms with van der Waals surface area (Å²) >= 11 is 2.80. The minimum Gasteiger partial charge on any atom is -0.504 e. The average Bonchev–Trinajstić information content (AvgIpc) is 3.65. The van der Waals surface area contributed by atoms with Gasteiger partial charge >= 0.3 is 0 Å². The molecule has 4 aromatic rings. The molecule has 0 saturated heterocycles. The number of aryl methyl sites for hydroxylation is 2. The van der Waals surface area contributed by atoms with Gasteiger partial charge in [-0.2, -0.15) is 0 Å². The molecule has 9 nitrogen and oxygen atoms in total. The first kappa shape index (κ1) is 28.8. The highest BCUT2D eigenvalue weighted by Crippen LogP contribution is 2.36. The summed E-state index contributed by atoms with van der Waals surface area (Å²) in [7, 11) is 1.42. The number of methoxy groups -OCH3 is 1. The Morgan fingerprint density at radius 2 is 1.88 bits per heavy atom. The number of thiazole rings is 1. The Bertz CT molecular complexity index is 1470. The number of hydrogen-bond acceptors (Lipinski definition) is 8. The predicted octanol–water partition coefficient (Wildman–Crippen LogP) is 5.35. The molecule has 3 N–H and O–H groups in total. The third-order valence-corrected chi connectivity index (χ3v) is 7.73. The average molecular weight is 579 g/mol. The Morgan fingerprint density at radius 3 is 2.55 bits per heavy atom. The van der Waals surface area contributed by atoms with Crippen molar-refractivity contribution in [2.75, 3.05) is 17.3 Å². The van der Waals surface area contributed by atoms with Gasteiger partial charge in [-0.1, -0.05) is 29.8 Å². The highest BCUT2D eigenvalue weighted by atomic mass is 32.1. The van der Waals surface area contributed by atoms with Gasteiger partial charge in [-0.3, -0.25) is 19.3 Å². The molecule has 3 amide bonds. The molecule has 0 unspecified atom stereocenters. The molecule has 2 heterocycles. The number of thiophene rings is 1. The van der Waals surface area contributed by atoms with E-state index < -0.39 is 17.9 Å². The number of benzene rings is 2. The quantitative estimate of drug-likeness (QED) is 0.221. The number of amides is 3. The summed E-state index contributed by atoms with van der Waals surface area (Å²) < 4.78 is 5.31. The van der Waals surface area contributed by atoms with Gasteiger partial charge in [0.2, 0.25) is 17.7 Å². The molecule has 0 bridgehead atoms. The summed E-state index contributed by atoms with van der Waals surface area (Å²) in [5.74, 6) is -1.10. The van der Waals surface area contributed by atoms with Gasteiger partial charge in [0.15, 0.2) is 16.6 Å². The maximum absolute atomic E-state index is 13.9. The van der Waals surface area contributed by atoms with Crippen LogP contribution in [0.25, 0.3) is 0 Å². The number of carbonyl (C=O) groups is 3. The first-order chi connectivity index (χ1) is 19.3. The molecule has 0 aliphatic heterocycles. The molecule has 40 heavy (non-hydrogen) atoms. The number of aromatic nitrogens is 1. The zero-order valence-electron chi connectivity index (χ0n) is 22.3. The largest absolute Gasteiger partial charge is 0.504 e. The Balaban J connectivity index is 1.71. The van der Waals surface area contributed by atoms with E-state index in [2.05, 4.69) is 15.6 Å². The zero-order valence-corrected chi connectivity index (χ0v) is 24.0. The maximum atomic E-state index is 13.9. The lowest BCUT2D eigenvalue weighted by Gasteiger charge is -2.33. The number of anilines is 2. The van der Waals surface area contributed by atoms with E-state index in [1.165, 1.54) is 40.7 Å². The lowest BCUT2D eigenvalue weighted by atomic mass is 9.99. The van der Waals surface area contributed by atoms with E-state index in [1.807, 2.05) is 43.5 Å². The number of rotatable bonds is 11. The number of nitrogens with zero attached hydrogens (tertiary/aromatic N) is 2. The second kappa shape index (κ2) is 13.2. The summed E-state index contributed by atoms with van der Waals surface area (Å²) in [6.45, 7) is 4.10. The fourth-order valence-corrected chi connectivity index (χ4v) is 5.46. The van der Waals surface area contributed by atoms with Crippen molar-refractivity contribution in [2.24, 2.45) is 0 Å². The van der Waals surface area contributed by atoms with Crippen LogP contribution in [0.15, 0.2) is 65.5 Å². The van der Waals surface area contributed by atoms with E-state index in [0.29, 0.717) is 16.4 Å². The first-order valence-corrected chi connectivity index (χ1v) is 14.3. The molecule has 0 aliphatic rings. The van der Waals surface area contributed by atoms with Gasteiger partial charge in [-0.15, -0.1) is 22.7 Å². The summed E-state index contributed by atoms with van der Waals surface area (Å²) in [6, 6.07) is 12.9. The standard InChI is InChI=1S/C29H30N4O5S2/c1-18-6-8-22(19(2)15-18)33(26(36)11-10-25(35)32-29-30-12-14-40-29)27(20-7-9-23(34)24(16-20)38-3)28(37)31-17-21-5-4-13-39-21/h4-9,12-16,27,34H,10-11,17H2,1-3H3,(H,31,37)(H,30,32,35)/t27-/m1/s1. The van der Waals surface area contributed by atoms with Crippen molar-refractivity contribution < 1.29 is 24.2 Å². The van der Waals surface area contributed by atoms with Gasteiger partial charge in [-0.05, 0) is 54.6 Å². The van der Waals surface area contributed by atoms with Crippen LogP contribution >= 0.6 is 22.7 Å². The summed E-state index contributed by atoms with van der Waals surface area (Å²) in [4.78, 5) is 46.8. The number of phenolic OH excluding ortho intramolecular Hbond substituents is 1. The molecule has 2 aromatic carbocycles. The van der Waals surface area contributed by atoms with Crippen molar-refractivity contribution in [1.29, 1.82) is 0 Å². The van der Waals surface area contributed by atoms with Gasteiger partial charge in [0.25, 0.3) is 0 Å². The Kier molecular flexibility index (Phi) is 9.52. The molecule has 0 fully saturated rings. The molecule has 0 spiro atoms. The fourth-order valence-electron chi connectivity index (χ4n) is 4.27. The van der Waals surface area contributed by atoms with Gasteiger partial charge in [-0.25, -0.2) is 4.98 Å². The predicted molar refractivity (Wildman–Crippen MR) is 157 cm³/mol. The normalized spacial score (nSPS) is 11.5. The summed E-state index contributed by atoms with van der Waals surface area (Å²) in [6.07, 6.45) is 1.34. The Morgan fingerprint density at radius 1 is 1.05 bits per heavy atom. The highest BCUT2D eigenvalue weighted by Gasteiger charge is 2.34. The minimum absolute atomic E-state index is 0.0905. The topological polar surface area (TPSA) is 121 Å². The number of ether oxygens (including phenoxy) is 1. The van der Waals surface area contributed by atoms with E-state index in [-0.39, 0.29) is 36.8 Å². The summed E-state index contributed by atoms with van der Waals surface area (Å²) in [5, 5.41) is 20.0. The smallest absolute Gasteiger partial charge is 0.248 e. The van der Waals surface area contributed by atoms with Gasteiger partial charge < -0.3 is 20.5 Å². The second-order valence-electron chi connectivity index (χ2n) is 9.07. The third-order valence-electron chi connectivity index (χ3n) is 6.17. The van der Waals surface area contributed by atoms with E-state index in [9.17, 15) is 19.5 Å². The number of phenols is 1. The molecule has 0 aliphatic carbocycles. The van der Waals surface area contributed by atoms with Crippen molar-refractivity contribution >= 4 is 51.2 Å². The Hall–Kier alpha value is -4.22. The molecule has 1 atom stereocenters. The Labute approximate surface area is 240 Å². The van der Waals surface area contributed by atoms with E-state index in [4.69, 9.17) is 4.74 Å². The minimum atomic E-state index is -1.11. The highest BCUT2D eigenvalue weighted by molar-refractivity contribution is 7.13. The number of hydrogen-bond donors (Lipinski definition) is 3. The molecule has 2 aromatic heterocycles. The van der Waals surface area contributed by atoms with Crippen molar-refractivity contribution in [3.05, 3.63) is 87.1 Å². The summed E-state index contributed by atoms with van der Waals surface area (Å²) in [5.41, 5.74) is 2.78. The maximum Gasteiger partial charge on any atom is 0.248 e. The lowest BCUT2D eigenvalue weighted by Crippen LogP contribution is -2.44. The SMILES string of the molecule is COc1cc([C@H](C(=O)NCc2cccs2)N(C(=O)CCC(=O)Nc2nccs2)c2ccc(C)cc2C)ccc1O.